The highest BCUT2D eigenvalue weighted by atomic mass is 14.7. The molecule has 1 aromatic rings. The third-order valence-corrected chi connectivity index (χ3v) is 1.94. The van der Waals surface area contributed by atoms with Crippen LogP contribution in [0.5, 0.6) is 0 Å². The van der Waals surface area contributed by atoms with Crippen molar-refractivity contribution in [1.82, 2.24) is 4.98 Å². The molecule has 0 aliphatic heterocycles. The molecule has 0 spiro atoms. The van der Waals surface area contributed by atoms with Crippen molar-refractivity contribution in [2.75, 3.05) is 0 Å². The summed E-state index contributed by atoms with van der Waals surface area (Å²) in [4.78, 5) is 4.27. The number of nitrogens with zero attached hydrogens (tertiary/aromatic N) is 1. The fraction of sp³-hybridized carbons (Fsp3) is 0.500. The Morgan fingerprint density at radius 3 is 2.25 bits per heavy atom. The Morgan fingerprint density at radius 2 is 1.92 bits per heavy atom. The quantitative estimate of drug-likeness (QED) is 0.604. The van der Waals surface area contributed by atoms with Crippen LogP contribution >= 0.6 is 0 Å². The lowest BCUT2D eigenvalue weighted by atomic mass is 9.86. The van der Waals surface area contributed by atoms with Gasteiger partial charge in [0.05, 0.1) is 7.85 Å². The molecule has 0 amide bonds. The van der Waals surface area contributed by atoms with Crippen LogP contribution < -0.4 is 0 Å². The van der Waals surface area contributed by atoms with Gasteiger partial charge >= 0.3 is 0 Å². The molecule has 1 unspecified atom stereocenters. The van der Waals surface area contributed by atoms with E-state index in [2.05, 4.69) is 24.9 Å². The molecule has 1 heterocycles. The van der Waals surface area contributed by atoms with E-state index < -0.39 is 0 Å². The molecule has 0 saturated heterocycles. The molecule has 0 aliphatic carbocycles. The lowest BCUT2D eigenvalue weighted by Crippen LogP contribution is -1.97. The van der Waals surface area contributed by atoms with Gasteiger partial charge in [-0.2, -0.15) is 0 Å². The summed E-state index contributed by atoms with van der Waals surface area (Å²) >= 11 is 0. The third kappa shape index (κ3) is 2.10. The Morgan fingerprint density at radius 1 is 1.25 bits per heavy atom. The molecule has 0 saturated carbocycles. The predicted octanol–water partition coefficient (Wildman–Crippen LogP) is 2.43. The average Bonchev–Trinajstić information content (AvgIpc) is 2.04. The lowest BCUT2D eigenvalue weighted by molar-refractivity contribution is 0.849. The Bertz CT molecular complexity index is 212. The smallest absolute Gasteiger partial charge is 0.0781 e. The van der Waals surface area contributed by atoms with E-state index in [4.69, 9.17) is 7.85 Å². The summed E-state index contributed by atoms with van der Waals surface area (Å²) in [7, 11) is 5.68. The minimum Gasteiger partial charge on any atom is -0.262 e. The minimum absolute atomic E-state index is 0.0335. The van der Waals surface area contributed by atoms with E-state index in [1.54, 1.807) is 0 Å². The van der Waals surface area contributed by atoms with Crippen LogP contribution in [0.15, 0.2) is 18.3 Å². The number of pyridine rings is 1. The largest absolute Gasteiger partial charge is 0.262 e. The van der Waals surface area contributed by atoms with Crippen molar-refractivity contribution in [2.24, 2.45) is 0 Å². The SMILES string of the molecule is [B]C(C)c1ccc(C(C)C)cn1. The van der Waals surface area contributed by atoms with E-state index in [1.807, 2.05) is 19.2 Å². The van der Waals surface area contributed by atoms with Gasteiger partial charge in [-0.3, -0.25) is 4.98 Å². The predicted molar refractivity (Wildman–Crippen MR) is 52.5 cm³/mol. The van der Waals surface area contributed by atoms with Crippen molar-refractivity contribution < 1.29 is 0 Å². The van der Waals surface area contributed by atoms with Gasteiger partial charge in [0.15, 0.2) is 0 Å². The van der Waals surface area contributed by atoms with Crippen LogP contribution in [0, 0.1) is 0 Å². The van der Waals surface area contributed by atoms with Crippen LogP contribution in [-0.2, 0) is 0 Å². The van der Waals surface area contributed by atoms with Crippen molar-refractivity contribution in [1.29, 1.82) is 0 Å². The molecule has 0 aromatic carbocycles. The van der Waals surface area contributed by atoms with Crippen LogP contribution in [-0.4, -0.2) is 12.8 Å². The molecule has 1 aromatic heterocycles. The Labute approximate surface area is 75.6 Å². The van der Waals surface area contributed by atoms with Gasteiger partial charge in [0.1, 0.15) is 0 Å². The summed E-state index contributed by atoms with van der Waals surface area (Å²) < 4.78 is 0. The van der Waals surface area contributed by atoms with Gasteiger partial charge in [0, 0.05) is 11.9 Å². The molecule has 0 fully saturated rings. The summed E-state index contributed by atoms with van der Waals surface area (Å²) in [6.07, 6.45) is 1.91. The second-order valence-corrected chi connectivity index (χ2v) is 3.46. The maximum atomic E-state index is 5.68. The molecule has 2 radical (unpaired) electrons. The Balaban J connectivity index is 2.86. The van der Waals surface area contributed by atoms with Gasteiger partial charge in [-0.15, -0.1) is 0 Å². The Kier molecular flexibility index (Phi) is 2.91. The van der Waals surface area contributed by atoms with Crippen molar-refractivity contribution >= 4 is 7.85 Å². The summed E-state index contributed by atoms with van der Waals surface area (Å²) in [5.41, 5.74) is 2.22. The maximum absolute atomic E-state index is 5.68. The molecule has 0 N–H and O–H groups in total. The van der Waals surface area contributed by atoms with Crippen molar-refractivity contribution in [2.45, 2.75) is 32.5 Å². The average molecular weight is 159 g/mol. The Hall–Kier alpha value is -0.785. The van der Waals surface area contributed by atoms with Crippen molar-refractivity contribution in [3.8, 4) is 0 Å². The van der Waals surface area contributed by atoms with Crippen LogP contribution in [0.25, 0.3) is 0 Å². The number of hydrogen-bond acceptors (Lipinski definition) is 1. The first-order valence-electron chi connectivity index (χ1n) is 4.32. The first kappa shape index (κ1) is 9.30. The monoisotopic (exact) mass is 159 g/mol. The van der Waals surface area contributed by atoms with E-state index in [1.165, 1.54) is 5.56 Å². The molecule has 2 heteroatoms. The summed E-state index contributed by atoms with van der Waals surface area (Å²) in [5.74, 6) is 0.575. The highest BCUT2D eigenvalue weighted by Crippen LogP contribution is 2.15. The van der Waals surface area contributed by atoms with Gasteiger partial charge in [-0.1, -0.05) is 26.8 Å². The van der Waals surface area contributed by atoms with Gasteiger partial charge < -0.3 is 0 Å². The fourth-order valence-corrected chi connectivity index (χ4v) is 1.03. The number of rotatable bonds is 2. The summed E-state index contributed by atoms with van der Waals surface area (Å²) in [6.45, 7) is 6.25. The zero-order valence-corrected chi connectivity index (χ0v) is 7.91. The molecule has 0 bridgehead atoms. The third-order valence-electron chi connectivity index (χ3n) is 1.94. The first-order chi connectivity index (χ1) is 5.61. The molecule has 1 nitrogen and oxygen atoms in total. The van der Waals surface area contributed by atoms with Gasteiger partial charge in [0.2, 0.25) is 0 Å². The van der Waals surface area contributed by atoms with Crippen molar-refractivity contribution in [3.63, 3.8) is 0 Å². The fourth-order valence-electron chi connectivity index (χ4n) is 1.03. The molecule has 1 rings (SSSR count). The highest BCUT2D eigenvalue weighted by molar-refractivity contribution is 6.11. The second-order valence-electron chi connectivity index (χ2n) is 3.46. The summed E-state index contributed by atoms with van der Waals surface area (Å²) in [5, 5.41) is 0. The van der Waals surface area contributed by atoms with Crippen LogP contribution in [0.2, 0.25) is 0 Å². The lowest BCUT2D eigenvalue weighted by Gasteiger charge is -2.07. The zero-order chi connectivity index (χ0) is 9.14. The van der Waals surface area contributed by atoms with Gasteiger partial charge in [-0.05, 0) is 23.4 Å². The van der Waals surface area contributed by atoms with E-state index in [0.717, 1.165) is 5.69 Å². The molecule has 12 heavy (non-hydrogen) atoms. The normalized spacial score (nSPS) is 13.3. The molecule has 62 valence electrons. The number of hydrogen-bond donors (Lipinski definition) is 0. The molecule has 0 aliphatic rings. The molecule has 1 atom stereocenters. The van der Waals surface area contributed by atoms with E-state index in [0.29, 0.717) is 5.92 Å². The van der Waals surface area contributed by atoms with E-state index >= 15 is 0 Å². The van der Waals surface area contributed by atoms with Crippen LogP contribution in [0.3, 0.4) is 0 Å². The molecular formula is C10H14BN. The minimum atomic E-state index is 0.0335. The van der Waals surface area contributed by atoms with E-state index in [9.17, 15) is 0 Å². The second kappa shape index (κ2) is 3.75. The van der Waals surface area contributed by atoms with Crippen LogP contribution in [0.1, 0.15) is 43.8 Å². The topological polar surface area (TPSA) is 12.9 Å². The van der Waals surface area contributed by atoms with Crippen LogP contribution in [0.4, 0.5) is 0 Å². The highest BCUT2D eigenvalue weighted by Gasteiger charge is 2.01. The zero-order valence-electron chi connectivity index (χ0n) is 7.91. The summed E-state index contributed by atoms with van der Waals surface area (Å²) in [6, 6.07) is 4.09. The van der Waals surface area contributed by atoms with E-state index in [-0.39, 0.29) is 5.82 Å². The maximum Gasteiger partial charge on any atom is 0.0781 e. The van der Waals surface area contributed by atoms with Gasteiger partial charge in [-0.25, -0.2) is 0 Å². The molecular weight excluding hydrogens is 145 g/mol. The first-order valence-corrected chi connectivity index (χ1v) is 4.32. The van der Waals surface area contributed by atoms with Gasteiger partial charge in [0.25, 0.3) is 0 Å². The van der Waals surface area contributed by atoms with Crippen molar-refractivity contribution in [3.05, 3.63) is 29.6 Å². The number of aromatic nitrogens is 1. The standard InChI is InChI=1S/C10H14BN/c1-7(2)9-4-5-10(8(3)11)12-6-9/h4-8H,1-3H3.